The predicted molar refractivity (Wildman–Crippen MR) is 121 cm³/mol. The van der Waals surface area contributed by atoms with Crippen LogP contribution in [0.1, 0.15) is 18.3 Å². The lowest BCUT2D eigenvalue weighted by atomic mass is 10.1. The summed E-state index contributed by atoms with van der Waals surface area (Å²) in [6.45, 7) is 2.57. The number of benzene rings is 2. The van der Waals surface area contributed by atoms with Gasteiger partial charge >= 0.3 is 0 Å². The number of guanidine groups is 1. The Morgan fingerprint density at radius 2 is 1.93 bits per heavy atom. The van der Waals surface area contributed by atoms with Gasteiger partial charge < -0.3 is 20.3 Å². The highest BCUT2D eigenvalue weighted by Crippen LogP contribution is 2.22. The topological polar surface area (TPSA) is 98.6 Å². The summed E-state index contributed by atoms with van der Waals surface area (Å²) in [4.78, 5) is 8.71. The van der Waals surface area contributed by atoms with E-state index in [1.165, 1.54) is 0 Å². The van der Waals surface area contributed by atoms with Crippen molar-refractivity contribution in [2.75, 3.05) is 19.0 Å². The number of nitrogens with one attached hydrogen (secondary N) is 1. The standard InChI is InChI=1S/C20H23N5O2.HI/c1-3-18-24-19(27-25-18)15-10-8-14(9-11-15)12-13-22-20(21)23-16-6-4-5-7-17(16)26-2;/h4-11H,3,12-13H2,1-2H3,(H3,21,22,23);1H. The number of methoxy groups -OCH3 is 1. The second kappa shape index (κ2) is 10.6. The Bertz CT molecular complexity index is 909. The van der Waals surface area contributed by atoms with E-state index in [1.807, 2.05) is 55.5 Å². The third kappa shape index (κ3) is 5.69. The molecule has 0 amide bonds. The molecule has 0 unspecified atom stereocenters. The fourth-order valence-corrected chi connectivity index (χ4v) is 2.56. The first-order valence-corrected chi connectivity index (χ1v) is 8.81. The number of nitrogens with two attached hydrogens (primary N) is 1. The molecule has 0 saturated heterocycles. The largest absolute Gasteiger partial charge is 0.495 e. The molecule has 0 radical (unpaired) electrons. The van der Waals surface area contributed by atoms with Gasteiger partial charge in [0.1, 0.15) is 5.75 Å². The molecule has 3 rings (SSSR count). The highest BCUT2D eigenvalue weighted by molar-refractivity contribution is 14.0. The van der Waals surface area contributed by atoms with Gasteiger partial charge in [-0.05, 0) is 36.2 Å². The molecule has 148 valence electrons. The predicted octanol–water partition coefficient (Wildman–Crippen LogP) is 3.89. The van der Waals surface area contributed by atoms with E-state index in [9.17, 15) is 0 Å². The van der Waals surface area contributed by atoms with Gasteiger partial charge in [0.25, 0.3) is 5.89 Å². The number of aryl methyl sites for hydroxylation is 1. The van der Waals surface area contributed by atoms with E-state index in [4.69, 9.17) is 15.0 Å². The van der Waals surface area contributed by atoms with E-state index in [0.29, 0.717) is 24.2 Å². The number of halogens is 1. The summed E-state index contributed by atoms with van der Waals surface area (Å²) in [5.74, 6) is 2.33. The van der Waals surface area contributed by atoms with Crippen molar-refractivity contribution in [3.63, 3.8) is 0 Å². The second-order valence-corrected chi connectivity index (χ2v) is 5.91. The molecular weight excluding hydrogens is 469 g/mol. The molecule has 28 heavy (non-hydrogen) atoms. The van der Waals surface area contributed by atoms with Crippen LogP contribution < -0.4 is 15.8 Å². The number of anilines is 1. The van der Waals surface area contributed by atoms with Crippen molar-refractivity contribution >= 4 is 35.6 Å². The van der Waals surface area contributed by atoms with Crippen LogP contribution in [0.2, 0.25) is 0 Å². The number of para-hydroxylation sites is 2. The molecule has 2 aromatic carbocycles. The Labute approximate surface area is 181 Å². The van der Waals surface area contributed by atoms with Crippen LogP contribution in [0.4, 0.5) is 5.69 Å². The number of hydrogen-bond acceptors (Lipinski definition) is 5. The van der Waals surface area contributed by atoms with Crippen LogP contribution in [0, 0.1) is 0 Å². The molecule has 0 bridgehead atoms. The third-order valence-corrected chi connectivity index (χ3v) is 4.04. The number of rotatable bonds is 7. The summed E-state index contributed by atoms with van der Waals surface area (Å²) in [7, 11) is 1.62. The van der Waals surface area contributed by atoms with Crippen LogP contribution >= 0.6 is 24.0 Å². The average molecular weight is 493 g/mol. The number of hydrogen-bond donors (Lipinski definition) is 2. The highest BCUT2D eigenvalue weighted by Gasteiger charge is 2.07. The van der Waals surface area contributed by atoms with E-state index in [0.717, 1.165) is 35.4 Å². The van der Waals surface area contributed by atoms with E-state index in [-0.39, 0.29) is 24.0 Å². The Kier molecular flexibility index (Phi) is 8.24. The van der Waals surface area contributed by atoms with Crippen LogP contribution in [0.3, 0.4) is 0 Å². The number of aliphatic imine (C=N–C) groups is 1. The number of ether oxygens (including phenoxy) is 1. The summed E-state index contributed by atoms with van der Waals surface area (Å²) >= 11 is 0. The Morgan fingerprint density at radius 1 is 1.18 bits per heavy atom. The summed E-state index contributed by atoms with van der Waals surface area (Å²) in [6.07, 6.45) is 1.53. The molecule has 3 N–H and O–H groups in total. The Balaban J connectivity index is 0.00000280. The second-order valence-electron chi connectivity index (χ2n) is 5.91. The van der Waals surface area contributed by atoms with Gasteiger partial charge in [-0.15, -0.1) is 24.0 Å². The minimum atomic E-state index is 0. The molecule has 0 spiro atoms. The molecule has 0 aliphatic rings. The van der Waals surface area contributed by atoms with Gasteiger partial charge in [-0.3, -0.25) is 4.99 Å². The van der Waals surface area contributed by atoms with Gasteiger partial charge in [-0.25, -0.2) is 0 Å². The van der Waals surface area contributed by atoms with Crippen LogP contribution in [-0.4, -0.2) is 29.8 Å². The van der Waals surface area contributed by atoms with Crippen molar-refractivity contribution in [2.45, 2.75) is 19.8 Å². The smallest absolute Gasteiger partial charge is 0.257 e. The van der Waals surface area contributed by atoms with Crippen LogP contribution in [0.25, 0.3) is 11.5 Å². The van der Waals surface area contributed by atoms with Gasteiger partial charge in [-0.2, -0.15) is 4.98 Å². The Hall–Kier alpha value is -2.62. The quantitative estimate of drug-likeness (QED) is 0.295. The number of aromatic nitrogens is 2. The molecular formula is C20H24IN5O2. The van der Waals surface area contributed by atoms with Crippen molar-refractivity contribution < 1.29 is 9.26 Å². The van der Waals surface area contributed by atoms with Crippen LogP contribution in [0.15, 0.2) is 58.0 Å². The monoisotopic (exact) mass is 493 g/mol. The van der Waals surface area contributed by atoms with Gasteiger partial charge in [0.2, 0.25) is 0 Å². The maximum absolute atomic E-state index is 5.96. The lowest BCUT2D eigenvalue weighted by Crippen LogP contribution is -2.23. The van der Waals surface area contributed by atoms with Crippen molar-refractivity contribution in [3.05, 3.63) is 59.9 Å². The summed E-state index contributed by atoms with van der Waals surface area (Å²) in [5.41, 5.74) is 8.82. The summed E-state index contributed by atoms with van der Waals surface area (Å²) in [5, 5.41) is 6.98. The third-order valence-electron chi connectivity index (χ3n) is 4.04. The lowest BCUT2D eigenvalue weighted by Gasteiger charge is -2.10. The van der Waals surface area contributed by atoms with E-state index in [1.54, 1.807) is 7.11 Å². The van der Waals surface area contributed by atoms with Crippen LogP contribution in [0.5, 0.6) is 5.75 Å². The molecule has 0 aliphatic carbocycles. The molecule has 1 heterocycles. The van der Waals surface area contributed by atoms with Crippen molar-refractivity contribution in [3.8, 4) is 17.2 Å². The van der Waals surface area contributed by atoms with Gasteiger partial charge in [0.15, 0.2) is 11.8 Å². The lowest BCUT2D eigenvalue weighted by molar-refractivity contribution is 0.417. The van der Waals surface area contributed by atoms with Crippen molar-refractivity contribution in [2.24, 2.45) is 10.7 Å². The van der Waals surface area contributed by atoms with Crippen molar-refractivity contribution in [1.82, 2.24) is 10.1 Å². The molecule has 0 saturated carbocycles. The van der Waals surface area contributed by atoms with Gasteiger partial charge in [0, 0.05) is 18.5 Å². The first-order valence-electron chi connectivity index (χ1n) is 8.81. The zero-order valence-corrected chi connectivity index (χ0v) is 18.2. The zero-order valence-electron chi connectivity index (χ0n) is 15.9. The van der Waals surface area contributed by atoms with Gasteiger partial charge in [-0.1, -0.05) is 36.3 Å². The molecule has 7 nitrogen and oxygen atoms in total. The SMILES string of the molecule is CCc1noc(-c2ccc(CCN=C(N)Nc3ccccc3OC)cc2)n1.I. The van der Waals surface area contributed by atoms with E-state index >= 15 is 0 Å². The maximum atomic E-state index is 5.96. The Morgan fingerprint density at radius 3 is 2.61 bits per heavy atom. The normalized spacial score (nSPS) is 11.0. The molecule has 1 aromatic heterocycles. The highest BCUT2D eigenvalue weighted by atomic mass is 127. The fraction of sp³-hybridized carbons (Fsp3) is 0.250. The van der Waals surface area contributed by atoms with Gasteiger partial charge in [0.05, 0.1) is 12.8 Å². The number of nitrogens with zero attached hydrogens (tertiary/aromatic N) is 3. The molecule has 0 atom stereocenters. The fourth-order valence-electron chi connectivity index (χ4n) is 2.56. The van der Waals surface area contributed by atoms with E-state index in [2.05, 4.69) is 20.4 Å². The minimum Gasteiger partial charge on any atom is -0.495 e. The molecule has 0 aliphatic heterocycles. The first-order chi connectivity index (χ1) is 13.2. The van der Waals surface area contributed by atoms with Crippen LogP contribution in [-0.2, 0) is 12.8 Å². The zero-order chi connectivity index (χ0) is 19.1. The van der Waals surface area contributed by atoms with E-state index < -0.39 is 0 Å². The molecule has 3 aromatic rings. The maximum Gasteiger partial charge on any atom is 0.257 e. The average Bonchev–Trinajstić information content (AvgIpc) is 3.18. The summed E-state index contributed by atoms with van der Waals surface area (Å²) in [6, 6.07) is 15.6. The summed E-state index contributed by atoms with van der Waals surface area (Å²) < 4.78 is 10.5. The first kappa shape index (κ1) is 21.7. The molecule has 8 heteroatoms. The minimum absolute atomic E-state index is 0. The molecule has 0 fully saturated rings. The van der Waals surface area contributed by atoms with Crippen molar-refractivity contribution in [1.29, 1.82) is 0 Å².